The van der Waals surface area contributed by atoms with E-state index < -0.39 is 0 Å². The molecule has 0 spiro atoms. The first-order valence-electron chi connectivity index (χ1n) is 5.73. The minimum atomic E-state index is -0.315. The average molecular weight is 212 g/mol. The first kappa shape index (κ1) is 12.4. The van der Waals surface area contributed by atoms with Crippen LogP contribution in [-0.2, 0) is 9.59 Å². The maximum atomic E-state index is 10.3. The molecular weight excluding hydrogens is 192 g/mol. The molecule has 0 saturated heterocycles. The number of fused-ring (bicyclic) bond motifs is 2. The Balaban J connectivity index is 0.000000337. The first-order valence-corrected chi connectivity index (χ1v) is 5.73. The van der Waals surface area contributed by atoms with E-state index in [9.17, 15) is 5.11 Å². The number of carbonyl (C=O) groups excluding carboxylic acids is 2. The van der Waals surface area contributed by atoms with Gasteiger partial charge in [0, 0.05) is 0 Å². The fraction of sp³-hybridized carbons (Fsp3) is 0.917. The lowest BCUT2D eigenvalue weighted by Crippen LogP contribution is -2.40. The topological polar surface area (TPSA) is 54.4 Å². The van der Waals surface area contributed by atoms with Crippen molar-refractivity contribution >= 4 is 6.15 Å². The molecule has 2 fully saturated rings. The molecule has 0 heterocycles. The van der Waals surface area contributed by atoms with Crippen molar-refractivity contribution in [1.82, 2.24) is 0 Å². The second-order valence-corrected chi connectivity index (χ2v) is 5.29. The predicted molar refractivity (Wildman–Crippen MR) is 54.9 cm³/mol. The van der Waals surface area contributed by atoms with Crippen LogP contribution in [0.15, 0.2) is 0 Å². The van der Waals surface area contributed by atoms with Crippen LogP contribution in [0.4, 0.5) is 0 Å². The lowest BCUT2D eigenvalue weighted by molar-refractivity contribution is -0.191. The van der Waals surface area contributed by atoms with Gasteiger partial charge in [-0.15, -0.1) is 0 Å². The van der Waals surface area contributed by atoms with Crippen LogP contribution in [0.1, 0.15) is 46.0 Å². The molecule has 2 rings (SSSR count). The van der Waals surface area contributed by atoms with E-state index in [2.05, 4.69) is 13.8 Å². The van der Waals surface area contributed by atoms with Crippen LogP contribution >= 0.6 is 0 Å². The lowest BCUT2D eigenvalue weighted by atomic mass is 9.72. The highest BCUT2D eigenvalue weighted by Gasteiger charge is 2.44. The van der Waals surface area contributed by atoms with E-state index in [0.717, 1.165) is 24.7 Å². The van der Waals surface area contributed by atoms with Gasteiger partial charge in [0.05, 0.1) is 5.60 Å². The molecule has 2 unspecified atom stereocenters. The van der Waals surface area contributed by atoms with Gasteiger partial charge in [-0.1, -0.05) is 26.7 Å². The van der Waals surface area contributed by atoms with Gasteiger partial charge in [-0.05, 0) is 37.0 Å². The van der Waals surface area contributed by atoms with E-state index in [1.54, 1.807) is 0 Å². The van der Waals surface area contributed by atoms with Gasteiger partial charge in [-0.3, -0.25) is 0 Å². The normalized spacial score (nSPS) is 38.1. The molecule has 86 valence electrons. The van der Waals surface area contributed by atoms with Gasteiger partial charge in [-0.25, -0.2) is 0 Å². The van der Waals surface area contributed by atoms with E-state index in [-0.39, 0.29) is 11.8 Å². The van der Waals surface area contributed by atoms with Gasteiger partial charge in [-0.2, -0.15) is 9.59 Å². The third-order valence-corrected chi connectivity index (χ3v) is 4.01. The second-order valence-electron chi connectivity index (χ2n) is 5.29. The van der Waals surface area contributed by atoms with Crippen molar-refractivity contribution < 1.29 is 14.7 Å². The molecular formula is C12H20O3. The van der Waals surface area contributed by atoms with Crippen molar-refractivity contribution in [3.8, 4) is 0 Å². The molecule has 3 heteroatoms. The number of aliphatic hydroxyl groups is 1. The molecule has 3 nitrogen and oxygen atoms in total. The highest BCUT2D eigenvalue weighted by Crippen LogP contribution is 2.48. The fourth-order valence-electron chi connectivity index (χ4n) is 3.10. The van der Waals surface area contributed by atoms with Crippen LogP contribution in [0.25, 0.3) is 0 Å². The van der Waals surface area contributed by atoms with Crippen LogP contribution in [0.2, 0.25) is 0 Å². The molecule has 0 aromatic rings. The summed E-state index contributed by atoms with van der Waals surface area (Å²) in [5.74, 6) is 2.13. The van der Waals surface area contributed by atoms with Gasteiger partial charge in [0.1, 0.15) is 0 Å². The number of rotatable bonds is 1. The smallest absolute Gasteiger partial charge is 0.373 e. The zero-order valence-electron chi connectivity index (χ0n) is 9.53. The highest BCUT2D eigenvalue weighted by molar-refractivity contribution is 5.20. The van der Waals surface area contributed by atoms with Gasteiger partial charge < -0.3 is 5.11 Å². The summed E-state index contributed by atoms with van der Waals surface area (Å²) in [4.78, 5) is 16.2. The molecule has 0 aromatic heterocycles. The summed E-state index contributed by atoms with van der Waals surface area (Å²) in [5.41, 5.74) is -0.315. The molecule has 1 N–H and O–H groups in total. The SMILES string of the molecule is CC(C)C1(O)CC2CCC(C2)C1.O=C=O. The summed E-state index contributed by atoms with van der Waals surface area (Å²) in [6.07, 6.45) is 6.54. The largest absolute Gasteiger partial charge is 0.390 e. The standard InChI is InChI=1S/C11H20O.CO2/c1-8(2)11(12)6-9-3-4-10(5-9)7-11;2-1-3/h8-10,12H,3-7H2,1-2H3;. The van der Waals surface area contributed by atoms with Gasteiger partial charge in [0.25, 0.3) is 0 Å². The Hall–Kier alpha value is -0.660. The van der Waals surface area contributed by atoms with Crippen LogP contribution in [0.3, 0.4) is 0 Å². The summed E-state index contributed by atoms with van der Waals surface area (Å²) in [7, 11) is 0. The summed E-state index contributed by atoms with van der Waals surface area (Å²) < 4.78 is 0. The monoisotopic (exact) mass is 212 g/mol. The molecule has 0 aromatic carbocycles. The highest BCUT2D eigenvalue weighted by atomic mass is 16.3. The maximum absolute atomic E-state index is 10.3. The van der Waals surface area contributed by atoms with Crippen molar-refractivity contribution in [2.45, 2.75) is 51.6 Å². The Morgan fingerprint density at radius 2 is 1.60 bits per heavy atom. The molecule has 0 radical (unpaired) electrons. The van der Waals surface area contributed by atoms with Crippen LogP contribution in [0.5, 0.6) is 0 Å². The Kier molecular flexibility index (Phi) is 4.06. The van der Waals surface area contributed by atoms with Gasteiger partial charge in [0.15, 0.2) is 0 Å². The van der Waals surface area contributed by atoms with Gasteiger partial charge in [0.2, 0.25) is 0 Å². The van der Waals surface area contributed by atoms with Gasteiger partial charge >= 0.3 is 6.15 Å². The molecule has 2 atom stereocenters. The van der Waals surface area contributed by atoms with Crippen molar-refractivity contribution in [2.75, 3.05) is 0 Å². The zero-order chi connectivity index (χ0) is 11.5. The number of hydrogen-bond donors (Lipinski definition) is 1. The van der Waals surface area contributed by atoms with Crippen LogP contribution in [0, 0.1) is 17.8 Å². The first-order chi connectivity index (χ1) is 7.01. The molecule has 2 bridgehead atoms. The minimum absolute atomic E-state index is 0.250. The predicted octanol–water partition coefficient (Wildman–Crippen LogP) is 2.00. The van der Waals surface area contributed by atoms with Crippen molar-refractivity contribution in [1.29, 1.82) is 0 Å². The second kappa shape index (κ2) is 4.91. The summed E-state index contributed by atoms with van der Waals surface area (Å²) >= 11 is 0. The third-order valence-electron chi connectivity index (χ3n) is 4.01. The quantitative estimate of drug-likeness (QED) is 0.723. The molecule has 0 aliphatic heterocycles. The molecule has 2 saturated carbocycles. The van der Waals surface area contributed by atoms with Crippen LogP contribution < -0.4 is 0 Å². The fourth-order valence-corrected chi connectivity index (χ4v) is 3.10. The molecule has 15 heavy (non-hydrogen) atoms. The maximum Gasteiger partial charge on any atom is 0.373 e. The van der Waals surface area contributed by atoms with Crippen LogP contribution in [-0.4, -0.2) is 16.9 Å². The molecule has 2 aliphatic rings. The van der Waals surface area contributed by atoms with E-state index in [1.165, 1.54) is 19.3 Å². The summed E-state index contributed by atoms with van der Waals surface area (Å²) in [5, 5.41) is 10.3. The number of hydrogen-bond acceptors (Lipinski definition) is 3. The van der Waals surface area contributed by atoms with Crippen molar-refractivity contribution in [3.05, 3.63) is 0 Å². The van der Waals surface area contributed by atoms with Crippen molar-refractivity contribution in [3.63, 3.8) is 0 Å². The minimum Gasteiger partial charge on any atom is -0.390 e. The van der Waals surface area contributed by atoms with E-state index in [4.69, 9.17) is 9.59 Å². The van der Waals surface area contributed by atoms with E-state index in [0.29, 0.717) is 5.92 Å². The molecule has 0 amide bonds. The van der Waals surface area contributed by atoms with E-state index in [1.807, 2.05) is 0 Å². The Labute approximate surface area is 90.9 Å². The van der Waals surface area contributed by atoms with E-state index >= 15 is 0 Å². The zero-order valence-corrected chi connectivity index (χ0v) is 9.53. The Morgan fingerprint density at radius 3 is 1.93 bits per heavy atom. The Bertz CT molecular complexity index is 229. The summed E-state index contributed by atoms with van der Waals surface area (Å²) in [6, 6.07) is 0. The lowest BCUT2D eigenvalue weighted by Gasteiger charge is -2.39. The molecule has 2 aliphatic carbocycles. The Morgan fingerprint density at radius 1 is 1.20 bits per heavy atom. The summed E-state index contributed by atoms with van der Waals surface area (Å²) in [6.45, 7) is 4.32. The average Bonchev–Trinajstić information content (AvgIpc) is 2.47. The van der Waals surface area contributed by atoms with Crippen molar-refractivity contribution in [2.24, 2.45) is 17.8 Å². The third kappa shape index (κ3) is 2.90.